The minimum absolute atomic E-state index is 0.152. The Morgan fingerprint density at radius 1 is 1.21 bits per heavy atom. The lowest BCUT2D eigenvalue weighted by Gasteiger charge is -2.19. The summed E-state index contributed by atoms with van der Waals surface area (Å²) in [5.74, 6) is -0.283. The molecule has 126 valence electrons. The van der Waals surface area contributed by atoms with Gasteiger partial charge in [-0.15, -0.1) is 0 Å². The summed E-state index contributed by atoms with van der Waals surface area (Å²) in [7, 11) is 1.62. The highest BCUT2D eigenvalue weighted by Gasteiger charge is 2.15. The lowest BCUT2D eigenvalue weighted by molar-refractivity contribution is -0.117. The van der Waals surface area contributed by atoms with E-state index in [2.05, 4.69) is 21.2 Å². The number of anilines is 1. The van der Waals surface area contributed by atoms with Crippen molar-refractivity contribution in [2.75, 3.05) is 18.5 Å². The molecule has 0 bridgehead atoms. The van der Waals surface area contributed by atoms with Gasteiger partial charge in [0, 0.05) is 16.5 Å². The molecular weight excluding hydrogens is 396 g/mol. The number of likely N-dealkylation sites (N-methyl/N-ethyl adjacent to an activating group) is 1. The minimum Gasteiger partial charge on any atom is -0.445 e. The summed E-state index contributed by atoms with van der Waals surface area (Å²) in [6.45, 7) is -0.0153. The quantitative estimate of drug-likeness (QED) is 0.809. The van der Waals surface area contributed by atoms with Crippen LogP contribution in [0.3, 0.4) is 0 Å². The Morgan fingerprint density at radius 2 is 1.92 bits per heavy atom. The van der Waals surface area contributed by atoms with Gasteiger partial charge in [0.25, 0.3) is 0 Å². The van der Waals surface area contributed by atoms with E-state index in [1.165, 1.54) is 4.90 Å². The molecule has 5 nitrogen and oxygen atoms in total. The van der Waals surface area contributed by atoms with Gasteiger partial charge in [-0.2, -0.15) is 0 Å². The van der Waals surface area contributed by atoms with Crippen molar-refractivity contribution in [3.05, 3.63) is 63.6 Å². The summed E-state index contributed by atoms with van der Waals surface area (Å²) < 4.78 is 5.75. The van der Waals surface area contributed by atoms with Crippen LogP contribution in [0.4, 0.5) is 10.5 Å². The van der Waals surface area contributed by atoms with Crippen LogP contribution in [0.5, 0.6) is 0 Å². The zero-order chi connectivity index (χ0) is 17.5. The highest BCUT2D eigenvalue weighted by Crippen LogP contribution is 2.28. The number of carbonyl (C=O) groups is 2. The summed E-state index contributed by atoms with van der Waals surface area (Å²) in [4.78, 5) is 25.3. The molecule has 2 rings (SSSR count). The van der Waals surface area contributed by atoms with E-state index < -0.39 is 6.09 Å². The molecule has 0 heterocycles. The highest BCUT2D eigenvalue weighted by atomic mass is 79.9. The molecule has 2 aromatic carbocycles. The molecule has 0 saturated heterocycles. The number of rotatable bonds is 5. The third-order valence-electron chi connectivity index (χ3n) is 3.24. The number of hydrogen-bond acceptors (Lipinski definition) is 3. The van der Waals surface area contributed by atoms with Gasteiger partial charge in [-0.05, 0) is 39.7 Å². The smallest absolute Gasteiger partial charge is 0.407 e. The van der Waals surface area contributed by atoms with Crippen molar-refractivity contribution in [1.82, 2.24) is 5.32 Å². The standard InChI is InChI=1S/C17H16BrClN2O3/c1-21(15-8-7-13(19)9-14(15)18)16(22)10-20-17(23)24-11-12-5-3-2-4-6-12/h2-9H,10-11H2,1H3,(H,20,23). The van der Waals surface area contributed by atoms with Crippen LogP contribution in [0.25, 0.3) is 0 Å². The second-order valence-corrected chi connectivity index (χ2v) is 6.25. The number of carbonyl (C=O) groups excluding carboxylic acids is 2. The maximum Gasteiger partial charge on any atom is 0.407 e. The van der Waals surface area contributed by atoms with Gasteiger partial charge in [-0.25, -0.2) is 4.79 Å². The number of nitrogens with zero attached hydrogens (tertiary/aromatic N) is 1. The van der Waals surface area contributed by atoms with E-state index in [0.717, 1.165) is 5.56 Å². The summed E-state index contributed by atoms with van der Waals surface area (Å²) in [6.07, 6.45) is -0.643. The highest BCUT2D eigenvalue weighted by molar-refractivity contribution is 9.10. The van der Waals surface area contributed by atoms with Gasteiger partial charge in [0.2, 0.25) is 5.91 Å². The molecule has 0 saturated carbocycles. The summed E-state index contributed by atoms with van der Waals surface area (Å²) in [6, 6.07) is 14.4. The molecule has 0 unspecified atom stereocenters. The average Bonchev–Trinajstić information content (AvgIpc) is 2.58. The molecule has 0 atom stereocenters. The first-order valence-electron chi connectivity index (χ1n) is 7.13. The van der Waals surface area contributed by atoms with Crippen molar-refractivity contribution in [2.24, 2.45) is 0 Å². The SMILES string of the molecule is CN(C(=O)CNC(=O)OCc1ccccc1)c1ccc(Cl)cc1Br. The maximum absolute atomic E-state index is 12.2. The first-order chi connectivity index (χ1) is 11.5. The topological polar surface area (TPSA) is 58.6 Å². The van der Waals surface area contributed by atoms with Crippen molar-refractivity contribution in [3.8, 4) is 0 Å². The van der Waals surface area contributed by atoms with Crippen LogP contribution in [0.1, 0.15) is 5.56 Å². The molecule has 2 aromatic rings. The number of halogens is 2. The average molecular weight is 412 g/mol. The predicted molar refractivity (Wildman–Crippen MR) is 97.2 cm³/mol. The van der Waals surface area contributed by atoms with Crippen molar-refractivity contribution < 1.29 is 14.3 Å². The van der Waals surface area contributed by atoms with Crippen LogP contribution < -0.4 is 10.2 Å². The van der Waals surface area contributed by atoms with E-state index in [4.69, 9.17) is 16.3 Å². The van der Waals surface area contributed by atoms with Gasteiger partial charge < -0.3 is 15.0 Å². The number of ether oxygens (including phenoxy) is 1. The van der Waals surface area contributed by atoms with Gasteiger partial charge in [0.15, 0.2) is 0 Å². The van der Waals surface area contributed by atoms with Crippen molar-refractivity contribution in [1.29, 1.82) is 0 Å². The zero-order valence-corrected chi connectivity index (χ0v) is 15.3. The molecule has 2 amide bonds. The van der Waals surface area contributed by atoms with Gasteiger partial charge >= 0.3 is 6.09 Å². The molecule has 0 aromatic heterocycles. The van der Waals surface area contributed by atoms with Crippen molar-refractivity contribution in [2.45, 2.75) is 6.61 Å². The maximum atomic E-state index is 12.2. The molecule has 24 heavy (non-hydrogen) atoms. The second kappa shape index (κ2) is 8.70. The molecule has 0 aliphatic heterocycles. The van der Waals surface area contributed by atoms with Crippen LogP contribution >= 0.6 is 27.5 Å². The fourth-order valence-electron chi connectivity index (χ4n) is 1.93. The molecule has 7 heteroatoms. The fraction of sp³-hybridized carbons (Fsp3) is 0.176. The van der Waals surface area contributed by atoms with E-state index >= 15 is 0 Å². The van der Waals surface area contributed by atoms with Crippen LogP contribution in [0.15, 0.2) is 53.0 Å². The Morgan fingerprint density at radius 3 is 2.58 bits per heavy atom. The second-order valence-electron chi connectivity index (χ2n) is 4.96. The van der Waals surface area contributed by atoms with Crippen LogP contribution in [0.2, 0.25) is 5.02 Å². The first kappa shape index (κ1) is 18.3. The largest absolute Gasteiger partial charge is 0.445 e. The van der Waals surface area contributed by atoms with E-state index in [0.29, 0.717) is 15.2 Å². The lowest BCUT2D eigenvalue weighted by Crippen LogP contribution is -2.38. The van der Waals surface area contributed by atoms with Gasteiger partial charge in [-0.3, -0.25) is 4.79 Å². The Balaban J connectivity index is 1.82. The van der Waals surface area contributed by atoms with Gasteiger partial charge in [-0.1, -0.05) is 41.9 Å². The number of benzene rings is 2. The Labute approximate surface area is 153 Å². The van der Waals surface area contributed by atoms with Gasteiger partial charge in [0.1, 0.15) is 13.2 Å². The normalized spacial score (nSPS) is 10.1. The lowest BCUT2D eigenvalue weighted by atomic mass is 10.2. The first-order valence-corrected chi connectivity index (χ1v) is 8.30. The molecule has 0 fully saturated rings. The van der Waals surface area contributed by atoms with E-state index in [1.54, 1.807) is 25.2 Å². The molecule has 0 radical (unpaired) electrons. The minimum atomic E-state index is -0.643. The van der Waals surface area contributed by atoms with Crippen LogP contribution in [-0.4, -0.2) is 25.6 Å². The summed E-state index contributed by atoms with van der Waals surface area (Å²) >= 11 is 9.24. The van der Waals surface area contributed by atoms with Crippen LogP contribution in [0, 0.1) is 0 Å². The predicted octanol–water partition coefficient (Wildman–Crippen LogP) is 3.99. The zero-order valence-electron chi connectivity index (χ0n) is 13.0. The molecule has 0 aliphatic carbocycles. The van der Waals surface area contributed by atoms with Crippen molar-refractivity contribution in [3.63, 3.8) is 0 Å². The van der Waals surface area contributed by atoms with E-state index in [-0.39, 0.29) is 19.1 Å². The Hall–Kier alpha value is -2.05. The molecule has 1 N–H and O–H groups in total. The third kappa shape index (κ3) is 5.25. The monoisotopic (exact) mass is 410 g/mol. The van der Waals surface area contributed by atoms with E-state index in [9.17, 15) is 9.59 Å². The molecule has 0 spiro atoms. The number of amides is 2. The van der Waals surface area contributed by atoms with Gasteiger partial charge in [0.05, 0.1) is 5.69 Å². The summed E-state index contributed by atoms with van der Waals surface area (Å²) in [5, 5.41) is 3.00. The van der Waals surface area contributed by atoms with Crippen LogP contribution in [-0.2, 0) is 16.1 Å². The Kier molecular flexibility index (Phi) is 6.63. The van der Waals surface area contributed by atoms with E-state index in [1.807, 2.05) is 30.3 Å². The Bertz CT molecular complexity index is 725. The summed E-state index contributed by atoms with van der Waals surface area (Å²) in [5.41, 5.74) is 1.53. The fourth-order valence-corrected chi connectivity index (χ4v) is 2.88. The number of alkyl carbamates (subject to hydrolysis) is 1. The molecule has 0 aliphatic rings. The third-order valence-corrected chi connectivity index (χ3v) is 4.11. The number of nitrogens with one attached hydrogen (secondary N) is 1. The number of hydrogen-bond donors (Lipinski definition) is 1. The van der Waals surface area contributed by atoms with Crippen molar-refractivity contribution >= 4 is 45.2 Å². The molecular formula is C17H16BrClN2O3.